The normalized spacial score (nSPS) is 10.8. The zero-order valence-electron chi connectivity index (χ0n) is 10.7. The van der Waals surface area contributed by atoms with Crippen molar-refractivity contribution in [3.63, 3.8) is 0 Å². The van der Waals surface area contributed by atoms with Crippen LogP contribution in [0.5, 0.6) is 0 Å². The van der Waals surface area contributed by atoms with Gasteiger partial charge in [-0.15, -0.1) is 5.10 Å². The van der Waals surface area contributed by atoms with Crippen LogP contribution < -0.4 is 11.5 Å². The van der Waals surface area contributed by atoms with E-state index in [1.165, 1.54) is 16.8 Å². The molecule has 6 nitrogen and oxygen atoms in total. The number of benzene rings is 2. The predicted octanol–water partition coefficient (Wildman–Crippen LogP) is 2.29. The topological polar surface area (TPSA) is 95.6 Å². The van der Waals surface area contributed by atoms with Gasteiger partial charge in [0.15, 0.2) is 5.82 Å². The summed E-state index contributed by atoms with van der Waals surface area (Å²) in [5, 5.41) is 11.6. The predicted molar refractivity (Wildman–Crippen MR) is 78.4 cm³/mol. The second kappa shape index (κ2) is 5.02. The lowest BCUT2D eigenvalue weighted by Gasteiger charge is -2.07. The van der Waals surface area contributed by atoms with Crippen molar-refractivity contribution in [2.75, 3.05) is 11.5 Å². The van der Waals surface area contributed by atoms with Crippen LogP contribution in [0.4, 0.5) is 15.8 Å². The van der Waals surface area contributed by atoms with Crippen molar-refractivity contribution in [1.82, 2.24) is 20.2 Å². The van der Waals surface area contributed by atoms with Crippen LogP contribution in [0.1, 0.15) is 0 Å². The fraction of sp³-hybridized carbons (Fsp3) is 0. The number of halogens is 2. The van der Waals surface area contributed by atoms with Crippen LogP contribution in [-0.2, 0) is 0 Å². The number of tetrazole rings is 1. The Kier molecular flexibility index (Phi) is 3.19. The number of hydrogen-bond acceptors (Lipinski definition) is 5. The largest absolute Gasteiger partial charge is 0.399 e. The fourth-order valence-electron chi connectivity index (χ4n) is 2.01. The lowest BCUT2D eigenvalue weighted by Crippen LogP contribution is -2.01. The molecule has 106 valence electrons. The molecule has 3 rings (SSSR count). The first-order valence-electron chi connectivity index (χ1n) is 5.94. The molecule has 0 aliphatic rings. The van der Waals surface area contributed by atoms with E-state index in [4.69, 9.17) is 23.1 Å². The number of hydrogen-bond donors (Lipinski definition) is 2. The van der Waals surface area contributed by atoms with E-state index in [-0.39, 0.29) is 5.02 Å². The van der Waals surface area contributed by atoms with Gasteiger partial charge in [0.25, 0.3) is 0 Å². The van der Waals surface area contributed by atoms with Gasteiger partial charge in [0.1, 0.15) is 5.82 Å². The van der Waals surface area contributed by atoms with Crippen molar-refractivity contribution in [1.29, 1.82) is 0 Å². The number of rotatable bonds is 2. The fourth-order valence-corrected chi connectivity index (χ4v) is 2.22. The van der Waals surface area contributed by atoms with Crippen LogP contribution in [-0.4, -0.2) is 20.2 Å². The van der Waals surface area contributed by atoms with Crippen molar-refractivity contribution in [2.24, 2.45) is 0 Å². The van der Waals surface area contributed by atoms with Crippen LogP contribution in [0.15, 0.2) is 36.4 Å². The average Bonchev–Trinajstić information content (AvgIpc) is 2.85. The molecular weight excluding hydrogens is 295 g/mol. The average molecular weight is 305 g/mol. The summed E-state index contributed by atoms with van der Waals surface area (Å²) in [6, 6.07) is 9.02. The number of nitrogens with two attached hydrogens (primary N) is 2. The van der Waals surface area contributed by atoms with E-state index in [1.807, 2.05) is 0 Å². The van der Waals surface area contributed by atoms with Gasteiger partial charge in [-0.1, -0.05) is 11.6 Å². The summed E-state index contributed by atoms with van der Waals surface area (Å²) in [6.45, 7) is 0. The highest BCUT2D eigenvalue weighted by molar-refractivity contribution is 6.30. The molecule has 0 aliphatic heterocycles. The molecular formula is C13H10ClFN6. The van der Waals surface area contributed by atoms with Gasteiger partial charge >= 0.3 is 0 Å². The smallest absolute Gasteiger partial charge is 0.187 e. The van der Waals surface area contributed by atoms with E-state index >= 15 is 0 Å². The maximum Gasteiger partial charge on any atom is 0.187 e. The summed E-state index contributed by atoms with van der Waals surface area (Å²) in [5.74, 6) is -0.0956. The van der Waals surface area contributed by atoms with E-state index < -0.39 is 5.82 Å². The first kappa shape index (κ1) is 13.3. The Bertz CT molecular complexity index is 710. The van der Waals surface area contributed by atoms with Gasteiger partial charge in [-0.3, -0.25) is 0 Å². The highest BCUT2D eigenvalue weighted by atomic mass is 35.5. The van der Waals surface area contributed by atoms with Crippen molar-refractivity contribution in [2.45, 2.75) is 0 Å². The number of anilines is 2. The van der Waals surface area contributed by atoms with Gasteiger partial charge in [-0.25, -0.2) is 4.39 Å². The maximum absolute atomic E-state index is 13.5. The van der Waals surface area contributed by atoms with Crippen molar-refractivity contribution < 1.29 is 4.39 Å². The van der Waals surface area contributed by atoms with E-state index in [2.05, 4.69) is 15.5 Å². The molecule has 0 radical (unpaired) electrons. The molecule has 0 atom stereocenters. The number of nitrogens with zero attached hydrogens (tertiary/aromatic N) is 4. The molecule has 21 heavy (non-hydrogen) atoms. The molecule has 8 heteroatoms. The Morgan fingerprint density at radius 2 is 1.71 bits per heavy atom. The zero-order valence-corrected chi connectivity index (χ0v) is 11.4. The number of aromatic nitrogens is 4. The highest BCUT2D eigenvalue weighted by Crippen LogP contribution is 2.25. The second-order valence-electron chi connectivity index (χ2n) is 4.43. The summed E-state index contributed by atoms with van der Waals surface area (Å²) < 4.78 is 14.8. The Balaban J connectivity index is 2.16. The molecule has 2 aromatic carbocycles. The van der Waals surface area contributed by atoms with E-state index in [1.54, 1.807) is 24.3 Å². The summed E-state index contributed by atoms with van der Waals surface area (Å²) in [6.07, 6.45) is 0. The molecule has 1 heterocycles. The Hall–Kier alpha value is -2.67. The number of nitrogen functional groups attached to an aromatic ring is 2. The minimum Gasteiger partial charge on any atom is -0.399 e. The standard InChI is InChI=1S/C13H10ClFN6/c14-8-3-9(15)5-12(4-8)21-13(18-19-20-21)7-1-10(16)6-11(17)2-7/h1-6H,16-17H2. The molecule has 0 saturated heterocycles. The van der Waals surface area contributed by atoms with Crippen molar-refractivity contribution >= 4 is 23.0 Å². The van der Waals surface area contributed by atoms with Crippen molar-refractivity contribution in [3.8, 4) is 17.1 Å². The van der Waals surface area contributed by atoms with Gasteiger partial charge in [-0.05, 0) is 46.8 Å². The summed E-state index contributed by atoms with van der Waals surface area (Å²) in [4.78, 5) is 0. The molecule has 0 bridgehead atoms. The van der Waals surface area contributed by atoms with Crippen LogP contribution in [0.3, 0.4) is 0 Å². The maximum atomic E-state index is 13.5. The Morgan fingerprint density at radius 1 is 1.00 bits per heavy atom. The lowest BCUT2D eigenvalue weighted by molar-refractivity contribution is 0.625. The van der Waals surface area contributed by atoms with Crippen LogP contribution >= 0.6 is 11.6 Å². The van der Waals surface area contributed by atoms with E-state index in [0.29, 0.717) is 28.5 Å². The Morgan fingerprint density at radius 3 is 2.38 bits per heavy atom. The third kappa shape index (κ3) is 2.63. The summed E-state index contributed by atoms with van der Waals surface area (Å²) >= 11 is 5.85. The molecule has 4 N–H and O–H groups in total. The van der Waals surface area contributed by atoms with Gasteiger partial charge in [0, 0.05) is 22.0 Å². The minimum absolute atomic E-state index is 0.249. The molecule has 0 aliphatic carbocycles. The van der Waals surface area contributed by atoms with Gasteiger partial charge in [0.05, 0.1) is 5.69 Å². The second-order valence-corrected chi connectivity index (χ2v) is 4.87. The van der Waals surface area contributed by atoms with Gasteiger partial charge in [-0.2, -0.15) is 4.68 Å². The summed E-state index contributed by atoms with van der Waals surface area (Å²) in [7, 11) is 0. The van der Waals surface area contributed by atoms with Crippen LogP contribution in [0, 0.1) is 5.82 Å². The van der Waals surface area contributed by atoms with E-state index in [0.717, 1.165) is 0 Å². The Labute approximate surface area is 124 Å². The highest BCUT2D eigenvalue weighted by Gasteiger charge is 2.13. The minimum atomic E-state index is -0.481. The SMILES string of the molecule is Nc1cc(N)cc(-c2nnnn2-c2cc(F)cc(Cl)c2)c1. The zero-order chi connectivity index (χ0) is 15.0. The van der Waals surface area contributed by atoms with Crippen LogP contribution in [0.25, 0.3) is 17.1 Å². The first-order valence-corrected chi connectivity index (χ1v) is 6.32. The quantitative estimate of drug-likeness (QED) is 0.708. The summed E-state index contributed by atoms with van der Waals surface area (Å²) in [5.41, 5.74) is 13.5. The van der Waals surface area contributed by atoms with E-state index in [9.17, 15) is 4.39 Å². The molecule has 0 saturated carbocycles. The molecule has 0 amide bonds. The molecule has 0 unspecified atom stereocenters. The third-order valence-electron chi connectivity index (χ3n) is 2.80. The molecule has 1 aromatic heterocycles. The molecule has 0 spiro atoms. The van der Waals surface area contributed by atoms with Crippen LogP contribution in [0.2, 0.25) is 5.02 Å². The van der Waals surface area contributed by atoms with Gasteiger partial charge < -0.3 is 11.5 Å². The van der Waals surface area contributed by atoms with Crippen molar-refractivity contribution in [3.05, 3.63) is 47.2 Å². The molecule has 3 aromatic rings. The molecule has 0 fully saturated rings. The van der Waals surface area contributed by atoms with Gasteiger partial charge in [0.2, 0.25) is 0 Å². The first-order chi connectivity index (χ1) is 10.0. The lowest BCUT2D eigenvalue weighted by atomic mass is 10.1. The third-order valence-corrected chi connectivity index (χ3v) is 3.02. The monoisotopic (exact) mass is 304 g/mol.